The van der Waals surface area contributed by atoms with E-state index in [1.807, 2.05) is 35.0 Å². The molecule has 0 atom stereocenters. The number of nitrogens with one attached hydrogen (secondary N) is 1. The van der Waals surface area contributed by atoms with Crippen molar-refractivity contribution in [3.05, 3.63) is 65.6 Å². The highest BCUT2D eigenvalue weighted by Crippen LogP contribution is 2.30. The van der Waals surface area contributed by atoms with E-state index < -0.39 is 0 Å². The van der Waals surface area contributed by atoms with Crippen molar-refractivity contribution in [1.29, 1.82) is 0 Å². The Morgan fingerprint density at radius 2 is 2.12 bits per heavy atom. The van der Waals surface area contributed by atoms with Gasteiger partial charge in [0.25, 0.3) is 0 Å². The molecule has 1 N–H and O–H groups in total. The molecule has 5 nitrogen and oxygen atoms in total. The topological polar surface area (TPSA) is 56.1 Å². The minimum atomic E-state index is -0.284. The van der Waals surface area contributed by atoms with E-state index in [0.29, 0.717) is 18.8 Å². The van der Waals surface area contributed by atoms with Crippen molar-refractivity contribution in [3.8, 4) is 17.0 Å². The van der Waals surface area contributed by atoms with Crippen LogP contribution < -0.4 is 10.1 Å². The molecule has 0 unspecified atom stereocenters. The van der Waals surface area contributed by atoms with Gasteiger partial charge in [-0.2, -0.15) is 5.10 Å². The average molecular weight is 337 g/mol. The summed E-state index contributed by atoms with van der Waals surface area (Å²) in [6.45, 7) is 2.38. The summed E-state index contributed by atoms with van der Waals surface area (Å²) in [5.41, 5.74) is 4.04. The summed E-state index contributed by atoms with van der Waals surface area (Å²) in [5, 5.41) is 7.34. The molecule has 1 aromatic heterocycles. The fourth-order valence-electron chi connectivity index (χ4n) is 2.91. The van der Waals surface area contributed by atoms with E-state index in [9.17, 15) is 9.18 Å². The maximum Gasteiger partial charge on any atom is 0.221 e. The number of anilines is 1. The van der Waals surface area contributed by atoms with Crippen LogP contribution in [-0.4, -0.2) is 15.7 Å². The smallest absolute Gasteiger partial charge is 0.221 e. The summed E-state index contributed by atoms with van der Waals surface area (Å²) in [6, 6.07) is 13.9. The summed E-state index contributed by atoms with van der Waals surface area (Å²) in [6.07, 6.45) is 0. The number of fused-ring (bicyclic) bond motifs is 2. The number of carbonyl (C=O) groups excluding carboxylic acids is 1. The third kappa shape index (κ3) is 3.10. The number of nitrogens with zero attached hydrogens (tertiary/aromatic N) is 2. The van der Waals surface area contributed by atoms with Crippen molar-refractivity contribution in [2.24, 2.45) is 0 Å². The number of aromatic nitrogens is 2. The van der Waals surface area contributed by atoms with E-state index in [2.05, 4.69) is 10.4 Å². The summed E-state index contributed by atoms with van der Waals surface area (Å²) in [7, 11) is 0. The second-order valence-corrected chi connectivity index (χ2v) is 5.98. The molecule has 1 aliphatic rings. The van der Waals surface area contributed by atoms with Crippen LogP contribution in [0.25, 0.3) is 11.3 Å². The van der Waals surface area contributed by atoms with Gasteiger partial charge in [-0.25, -0.2) is 4.39 Å². The highest BCUT2D eigenvalue weighted by molar-refractivity contribution is 5.88. The molecule has 0 saturated carbocycles. The van der Waals surface area contributed by atoms with Crippen molar-refractivity contribution < 1.29 is 13.9 Å². The third-order valence-electron chi connectivity index (χ3n) is 4.07. The summed E-state index contributed by atoms with van der Waals surface area (Å²) >= 11 is 0. The number of carbonyl (C=O) groups is 1. The first kappa shape index (κ1) is 15.4. The molecule has 0 bridgehead atoms. The van der Waals surface area contributed by atoms with Crippen LogP contribution in [0, 0.1) is 5.82 Å². The van der Waals surface area contributed by atoms with Gasteiger partial charge in [0, 0.05) is 29.8 Å². The van der Waals surface area contributed by atoms with E-state index >= 15 is 0 Å². The Bertz CT molecular complexity index is 965. The van der Waals surface area contributed by atoms with Crippen LogP contribution >= 0.6 is 0 Å². The van der Waals surface area contributed by atoms with Crippen molar-refractivity contribution in [2.75, 3.05) is 5.32 Å². The zero-order valence-corrected chi connectivity index (χ0v) is 13.6. The molecule has 0 saturated heterocycles. The minimum Gasteiger partial charge on any atom is -0.487 e. The van der Waals surface area contributed by atoms with Gasteiger partial charge in [-0.1, -0.05) is 18.2 Å². The molecule has 126 valence electrons. The van der Waals surface area contributed by atoms with Gasteiger partial charge in [-0.15, -0.1) is 0 Å². The van der Waals surface area contributed by atoms with Crippen molar-refractivity contribution >= 4 is 11.6 Å². The van der Waals surface area contributed by atoms with E-state index in [0.717, 1.165) is 28.3 Å². The predicted octanol–water partition coefficient (Wildman–Crippen LogP) is 3.59. The number of hydrogen-bond donors (Lipinski definition) is 1. The minimum absolute atomic E-state index is 0.124. The van der Waals surface area contributed by atoms with Crippen LogP contribution in [0.4, 0.5) is 10.1 Å². The van der Waals surface area contributed by atoms with Gasteiger partial charge in [-0.05, 0) is 24.3 Å². The van der Waals surface area contributed by atoms with Crippen molar-refractivity contribution in [1.82, 2.24) is 9.78 Å². The largest absolute Gasteiger partial charge is 0.487 e. The molecule has 25 heavy (non-hydrogen) atoms. The zero-order chi connectivity index (χ0) is 17.4. The second kappa shape index (κ2) is 6.05. The molecule has 1 amide bonds. The van der Waals surface area contributed by atoms with Gasteiger partial charge in [0.15, 0.2) is 0 Å². The molecule has 1 aliphatic heterocycles. The predicted molar refractivity (Wildman–Crippen MR) is 91.8 cm³/mol. The summed E-state index contributed by atoms with van der Waals surface area (Å²) < 4.78 is 21.2. The maximum absolute atomic E-state index is 13.4. The fraction of sp³-hybridized carbons (Fsp3) is 0.158. The van der Waals surface area contributed by atoms with Gasteiger partial charge in [0.05, 0.1) is 17.9 Å². The van der Waals surface area contributed by atoms with E-state index in [1.54, 1.807) is 6.07 Å². The van der Waals surface area contributed by atoms with Crippen LogP contribution in [0.2, 0.25) is 0 Å². The number of amides is 1. The molecule has 2 aromatic carbocycles. The van der Waals surface area contributed by atoms with Gasteiger partial charge >= 0.3 is 0 Å². The highest BCUT2D eigenvalue weighted by atomic mass is 19.1. The van der Waals surface area contributed by atoms with Gasteiger partial charge in [0.2, 0.25) is 5.91 Å². The van der Waals surface area contributed by atoms with Gasteiger partial charge < -0.3 is 10.1 Å². The number of ether oxygens (including phenoxy) is 1. The standard InChI is InChI=1S/C19H16FN3O2/c1-12(24)21-16-6-5-14-10-23-17(11-25-19(14)8-16)9-18(22-23)13-3-2-4-15(20)7-13/h2-9H,10-11H2,1H3,(H,21,24). The number of halogens is 1. The Morgan fingerprint density at radius 3 is 2.92 bits per heavy atom. The molecule has 0 aliphatic carbocycles. The molecule has 0 fully saturated rings. The fourth-order valence-corrected chi connectivity index (χ4v) is 2.91. The monoisotopic (exact) mass is 337 g/mol. The maximum atomic E-state index is 13.4. The SMILES string of the molecule is CC(=O)Nc1ccc2c(c1)OCc1cc(-c3cccc(F)c3)nn1C2. The molecule has 0 radical (unpaired) electrons. The first-order chi connectivity index (χ1) is 12.1. The van der Waals surface area contributed by atoms with Crippen LogP contribution in [0.3, 0.4) is 0 Å². The van der Waals surface area contributed by atoms with Crippen LogP contribution in [-0.2, 0) is 17.9 Å². The van der Waals surface area contributed by atoms with E-state index in [4.69, 9.17) is 4.74 Å². The average Bonchev–Trinajstić information content (AvgIpc) is 2.89. The Kier molecular flexibility index (Phi) is 3.72. The van der Waals surface area contributed by atoms with Crippen molar-refractivity contribution in [3.63, 3.8) is 0 Å². The second-order valence-electron chi connectivity index (χ2n) is 5.98. The Morgan fingerprint density at radius 1 is 1.24 bits per heavy atom. The van der Waals surface area contributed by atoms with Crippen LogP contribution in [0.1, 0.15) is 18.2 Å². The molecule has 6 heteroatoms. The van der Waals surface area contributed by atoms with E-state index in [-0.39, 0.29) is 11.7 Å². The Labute approximate surface area is 144 Å². The number of hydrogen-bond acceptors (Lipinski definition) is 3. The third-order valence-corrected chi connectivity index (χ3v) is 4.07. The highest BCUT2D eigenvalue weighted by Gasteiger charge is 2.17. The normalized spacial score (nSPS) is 12.6. The Balaban J connectivity index is 1.65. The van der Waals surface area contributed by atoms with Gasteiger partial charge in [0.1, 0.15) is 18.2 Å². The lowest BCUT2D eigenvalue weighted by Crippen LogP contribution is -2.06. The molecule has 2 heterocycles. The van der Waals surface area contributed by atoms with Crippen LogP contribution in [0.5, 0.6) is 5.75 Å². The number of rotatable bonds is 2. The number of benzene rings is 2. The summed E-state index contributed by atoms with van der Waals surface area (Å²) in [4.78, 5) is 11.2. The Hall–Kier alpha value is -3.15. The summed E-state index contributed by atoms with van der Waals surface area (Å²) in [5.74, 6) is 0.318. The molecule has 3 aromatic rings. The zero-order valence-electron chi connectivity index (χ0n) is 13.6. The van der Waals surface area contributed by atoms with Crippen LogP contribution in [0.15, 0.2) is 48.5 Å². The molecular weight excluding hydrogens is 321 g/mol. The quantitative estimate of drug-likeness (QED) is 0.777. The first-order valence-corrected chi connectivity index (χ1v) is 7.94. The molecule has 4 rings (SSSR count). The lowest BCUT2D eigenvalue weighted by atomic mass is 10.1. The lowest BCUT2D eigenvalue weighted by Gasteiger charge is -2.09. The first-order valence-electron chi connectivity index (χ1n) is 7.94. The van der Waals surface area contributed by atoms with E-state index in [1.165, 1.54) is 19.1 Å². The molecule has 0 spiro atoms. The molecular formula is C19H16FN3O2. The lowest BCUT2D eigenvalue weighted by molar-refractivity contribution is -0.114. The van der Waals surface area contributed by atoms with Gasteiger partial charge in [-0.3, -0.25) is 9.48 Å². The van der Waals surface area contributed by atoms with Crippen molar-refractivity contribution in [2.45, 2.75) is 20.1 Å².